The molecule has 1 atom stereocenters. The second-order valence-electron chi connectivity index (χ2n) is 6.56. The highest BCUT2D eigenvalue weighted by Gasteiger charge is 2.30. The lowest BCUT2D eigenvalue weighted by Crippen LogP contribution is -2.47. The zero-order chi connectivity index (χ0) is 23.4. The van der Waals surface area contributed by atoms with E-state index in [9.17, 15) is 24.5 Å². The number of non-ortho nitro benzene ring substituents is 1. The van der Waals surface area contributed by atoms with Gasteiger partial charge in [-0.2, -0.15) is 0 Å². The molecule has 0 aliphatic rings. The van der Waals surface area contributed by atoms with Gasteiger partial charge in [0.1, 0.15) is 0 Å². The number of carboxylic acid groups (broad SMARTS) is 2. The van der Waals surface area contributed by atoms with Crippen molar-refractivity contribution >= 4 is 23.5 Å². The third-order valence-electron chi connectivity index (χ3n) is 4.06. The van der Waals surface area contributed by atoms with Crippen LogP contribution in [0.1, 0.15) is 18.1 Å². The minimum atomic E-state index is -1.26. The van der Waals surface area contributed by atoms with E-state index in [1.807, 2.05) is 37.3 Å². The van der Waals surface area contributed by atoms with Crippen LogP contribution in [0.25, 0.3) is 0 Å². The number of aliphatic carboxylic acids is 2. The van der Waals surface area contributed by atoms with E-state index in [-0.39, 0.29) is 18.1 Å². The van der Waals surface area contributed by atoms with Crippen LogP contribution in [0.15, 0.2) is 66.7 Å². The van der Waals surface area contributed by atoms with Gasteiger partial charge in [-0.05, 0) is 24.5 Å². The Kier molecular flexibility index (Phi) is 9.54. The Morgan fingerprint density at radius 2 is 1.65 bits per heavy atom. The van der Waals surface area contributed by atoms with Crippen molar-refractivity contribution < 1.29 is 29.5 Å². The lowest BCUT2D eigenvalue weighted by Gasteiger charge is -2.31. The summed E-state index contributed by atoms with van der Waals surface area (Å²) in [5.41, 5.74) is 6.29. The third kappa shape index (κ3) is 8.88. The van der Waals surface area contributed by atoms with Gasteiger partial charge in [-0.15, -0.1) is 0 Å². The highest BCUT2D eigenvalue weighted by atomic mass is 16.6. The van der Waals surface area contributed by atoms with Gasteiger partial charge in [-0.1, -0.05) is 42.5 Å². The van der Waals surface area contributed by atoms with Gasteiger partial charge in [0, 0.05) is 24.3 Å². The molecule has 0 bridgehead atoms. The van der Waals surface area contributed by atoms with E-state index in [2.05, 4.69) is 5.32 Å². The molecule has 0 fully saturated rings. The van der Waals surface area contributed by atoms with Crippen LogP contribution in [0, 0.1) is 10.1 Å². The van der Waals surface area contributed by atoms with Crippen LogP contribution in [0.5, 0.6) is 0 Å². The molecule has 10 nitrogen and oxygen atoms in total. The molecule has 0 heterocycles. The summed E-state index contributed by atoms with van der Waals surface area (Å²) in [4.78, 5) is 41.5. The Hall–Kier alpha value is -4.05. The number of rotatable bonds is 8. The number of nitro benzene ring substituents is 1. The van der Waals surface area contributed by atoms with Gasteiger partial charge in [-0.3, -0.25) is 14.9 Å². The third-order valence-corrected chi connectivity index (χ3v) is 4.06. The lowest BCUT2D eigenvalue weighted by molar-refractivity contribution is -0.385. The van der Waals surface area contributed by atoms with Gasteiger partial charge < -0.3 is 21.3 Å². The average Bonchev–Trinajstić information content (AvgIpc) is 2.73. The first-order valence-corrected chi connectivity index (χ1v) is 9.01. The molecule has 1 unspecified atom stereocenters. The number of hydrogen-bond donors (Lipinski definition) is 4. The van der Waals surface area contributed by atoms with Crippen molar-refractivity contribution in [3.8, 4) is 0 Å². The molecule has 1 amide bonds. The second-order valence-corrected chi connectivity index (χ2v) is 6.56. The molecule has 2 rings (SSSR count). The van der Waals surface area contributed by atoms with E-state index >= 15 is 0 Å². The maximum absolute atomic E-state index is 11.8. The summed E-state index contributed by atoms with van der Waals surface area (Å²) in [5.74, 6) is -2.82. The predicted molar refractivity (Wildman–Crippen MR) is 112 cm³/mol. The quantitative estimate of drug-likeness (QED) is 0.279. The summed E-state index contributed by atoms with van der Waals surface area (Å²) in [6.07, 6.45) is 1.62. The normalized spacial score (nSPS) is 12.2. The van der Waals surface area contributed by atoms with Gasteiger partial charge in [0.05, 0.1) is 17.0 Å². The van der Waals surface area contributed by atoms with Gasteiger partial charge in [0.2, 0.25) is 5.91 Å². The van der Waals surface area contributed by atoms with E-state index in [0.717, 1.165) is 5.56 Å². The first kappa shape index (κ1) is 25.0. The number of nitrogens with two attached hydrogens (primary N) is 1. The van der Waals surface area contributed by atoms with Crippen LogP contribution in [-0.4, -0.2) is 39.5 Å². The summed E-state index contributed by atoms with van der Waals surface area (Å²) in [5, 5.41) is 29.5. The number of carbonyl (C=O) groups excluding carboxylic acids is 1. The van der Waals surface area contributed by atoms with Crippen molar-refractivity contribution in [1.29, 1.82) is 0 Å². The minimum Gasteiger partial charge on any atom is -0.478 e. The fourth-order valence-corrected chi connectivity index (χ4v) is 2.69. The average molecular weight is 429 g/mol. The Morgan fingerprint density at radius 1 is 1.06 bits per heavy atom. The maximum Gasteiger partial charge on any atom is 0.328 e. The highest BCUT2D eigenvalue weighted by Crippen LogP contribution is 2.28. The number of carboxylic acids is 2. The number of nitrogens with one attached hydrogen (secondary N) is 1. The van der Waals surface area contributed by atoms with Crippen LogP contribution >= 0.6 is 0 Å². The van der Waals surface area contributed by atoms with Gasteiger partial charge >= 0.3 is 11.9 Å². The van der Waals surface area contributed by atoms with Crippen molar-refractivity contribution in [2.75, 3.05) is 6.54 Å². The number of hydrogen-bond acceptors (Lipinski definition) is 6. The summed E-state index contributed by atoms with van der Waals surface area (Å²) in [6.45, 7) is 1.70. The molecule has 2 aromatic carbocycles. The molecule has 0 spiro atoms. The number of benzene rings is 2. The van der Waals surface area contributed by atoms with E-state index in [0.29, 0.717) is 24.1 Å². The predicted octanol–water partition coefficient (Wildman–Crippen LogP) is 1.84. The Bertz CT molecular complexity index is 944. The number of amides is 1. The molecule has 2 aromatic rings. The number of carbonyl (C=O) groups is 3. The zero-order valence-corrected chi connectivity index (χ0v) is 16.7. The standard InChI is InChI=1S/C17H19N3O3.C4H4O4/c1-17(19-16(21)12-18,11-13-6-3-2-4-7-13)14-8-5-9-15(10-14)20(22)23;5-3(6)1-2-4(7)8/h2-10H,11-12,18H2,1H3,(H,19,21);1-2H,(H,5,6)(H,7,8)/b;2-1-. The van der Waals surface area contributed by atoms with Crippen LogP contribution in [0.4, 0.5) is 5.69 Å². The molecule has 0 aliphatic carbocycles. The molecule has 0 aliphatic heterocycles. The van der Waals surface area contributed by atoms with E-state index in [4.69, 9.17) is 15.9 Å². The van der Waals surface area contributed by atoms with Crippen LogP contribution in [-0.2, 0) is 26.3 Å². The smallest absolute Gasteiger partial charge is 0.328 e. The van der Waals surface area contributed by atoms with E-state index in [1.165, 1.54) is 12.1 Å². The molecule has 0 saturated carbocycles. The van der Waals surface area contributed by atoms with Gasteiger partial charge in [0.15, 0.2) is 0 Å². The highest BCUT2D eigenvalue weighted by molar-refractivity contribution is 5.89. The summed E-state index contributed by atoms with van der Waals surface area (Å²) in [7, 11) is 0. The summed E-state index contributed by atoms with van der Waals surface area (Å²) < 4.78 is 0. The minimum absolute atomic E-state index is 0.0104. The van der Waals surface area contributed by atoms with Crippen molar-refractivity contribution in [1.82, 2.24) is 5.32 Å². The SMILES string of the molecule is CC(Cc1ccccc1)(NC(=O)CN)c1cccc([N+](=O)[O-])c1.O=C(O)/C=C\C(=O)O. The monoisotopic (exact) mass is 429 g/mol. The molecule has 0 saturated heterocycles. The molecule has 5 N–H and O–H groups in total. The fourth-order valence-electron chi connectivity index (χ4n) is 2.69. The molecular formula is C21H23N3O7. The van der Waals surface area contributed by atoms with Crippen molar-refractivity contribution in [3.05, 3.63) is 88.0 Å². The molecule has 0 radical (unpaired) electrons. The zero-order valence-electron chi connectivity index (χ0n) is 16.7. The van der Waals surface area contributed by atoms with Gasteiger partial charge in [0.25, 0.3) is 5.69 Å². The lowest BCUT2D eigenvalue weighted by atomic mass is 9.85. The van der Waals surface area contributed by atoms with Crippen molar-refractivity contribution in [2.24, 2.45) is 5.73 Å². The topological polar surface area (TPSA) is 173 Å². The molecule has 31 heavy (non-hydrogen) atoms. The molecule has 0 aromatic heterocycles. The molecular weight excluding hydrogens is 406 g/mol. The Balaban J connectivity index is 0.000000512. The first-order chi connectivity index (χ1) is 14.6. The van der Waals surface area contributed by atoms with Gasteiger partial charge in [-0.25, -0.2) is 9.59 Å². The van der Waals surface area contributed by atoms with Crippen LogP contribution in [0.2, 0.25) is 0 Å². The second kappa shape index (κ2) is 11.8. The summed E-state index contributed by atoms with van der Waals surface area (Å²) >= 11 is 0. The van der Waals surface area contributed by atoms with Crippen molar-refractivity contribution in [3.63, 3.8) is 0 Å². The Labute approximate surface area is 178 Å². The van der Waals surface area contributed by atoms with E-state index in [1.54, 1.807) is 12.1 Å². The first-order valence-electron chi connectivity index (χ1n) is 9.01. The number of nitro groups is 1. The molecule has 10 heteroatoms. The summed E-state index contributed by atoms with van der Waals surface area (Å²) in [6, 6.07) is 15.9. The van der Waals surface area contributed by atoms with Crippen LogP contribution < -0.4 is 11.1 Å². The maximum atomic E-state index is 11.8. The van der Waals surface area contributed by atoms with Crippen molar-refractivity contribution in [2.45, 2.75) is 18.9 Å². The molecule has 164 valence electrons. The van der Waals surface area contributed by atoms with Crippen LogP contribution in [0.3, 0.4) is 0 Å². The largest absolute Gasteiger partial charge is 0.478 e. The Morgan fingerprint density at radius 3 is 2.13 bits per heavy atom. The van der Waals surface area contributed by atoms with E-state index < -0.39 is 22.4 Å². The number of nitrogens with zero attached hydrogens (tertiary/aromatic N) is 1. The fraction of sp³-hybridized carbons (Fsp3) is 0.190.